The Morgan fingerprint density at radius 3 is 2.22 bits per heavy atom. The average molecular weight is 312 g/mol. The standard InChI is InChI=1S/C15H22BrNO/c1-3-5-9-17(10-6-4-2)15-8-7-13(12-18)11-14(15)16/h7-8,11-12H,3-6,9-10H2,1-2H3. The van der Waals surface area contributed by atoms with Crippen molar-refractivity contribution in [2.75, 3.05) is 18.0 Å². The number of hydrogen-bond acceptors (Lipinski definition) is 2. The van der Waals surface area contributed by atoms with Crippen molar-refractivity contribution in [1.82, 2.24) is 0 Å². The second-order valence-electron chi connectivity index (χ2n) is 4.52. The van der Waals surface area contributed by atoms with Gasteiger partial charge in [-0.3, -0.25) is 4.79 Å². The molecule has 3 heteroatoms. The van der Waals surface area contributed by atoms with Crippen molar-refractivity contribution in [2.45, 2.75) is 39.5 Å². The lowest BCUT2D eigenvalue weighted by Gasteiger charge is -2.26. The Kier molecular flexibility index (Phi) is 7.02. The van der Waals surface area contributed by atoms with Crippen LogP contribution in [0.15, 0.2) is 22.7 Å². The molecule has 0 aliphatic carbocycles. The van der Waals surface area contributed by atoms with E-state index in [0.29, 0.717) is 0 Å². The van der Waals surface area contributed by atoms with Crippen LogP contribution in [0, 0.1) is 0 Å². The Bertz CT molecular complexity index is 371. The first kappa shape index (κ1) is 15.2. The van der Waals surface area contributed by atoms with E-state index < -0.39 is 0 Å². The maximum absolute atomic E-state index is 10.7. The normalized spacial score (nSPS) is 10.4. The van der Waals surface area contributed by atoms with Crippen LogP contribution in [0.25, 0.3) is 0 Å². The minimum absolute atomic E-state index is 0.719. The summed E-state index contributed by atoms with van der Waals surface area (Å²) >= 11 is 3.57. The highest BCUT2D eigenvalue weighted by atomic mass is 79.9. The number of benzene rings is 1. The summed E-state index contributed by atoms with van der Waals surface area (Å²) in [6, 6.07) is 5.82. The van der Waals surface area contributed by atoms with Gasteiger partial charge in [0.15, 0.2) is 0 Å². The molecular formula is C15H22BrNO. The van der Waals surface area contributed by atoms with E-state index in [4.69, 9.17) is 0 Å². The Labute approximate surface area is 119 Å². The first-order valence-corrected chi connectivity index (χ1v) is 7.51. The Morgan fingerprint density at radius 2 is 1.78 bits per heavy atom. The highest BCUT2D eigenvalue weighted by Crippen LogP contribution is 2.27. The highest BCUT2D eigenvalue weighted by Gasteiger charge is 2.09. The van der Waals surface area contributed by atoms with Gasteiger partial charge in [0.2, 0.25) is 0 Å². The molecule has 18 heavy (non-hydrogen) atoms. The number of hydrogen-bond donors (Lipinski definition) is 0. The van der Waals surface area contributed by atoms with E-state index in [9.17, 15) is 4.79 Å². The molecule has 0 heterocycles. The summed E-state index contributed by atoms with van der Waals surface area (Å²) in [5.74, 6) is 0. The number of rotatable bonds is 8. The summed E-state index contributed by atoms with van der Waals surface area (Å²) in [4.78, 5) is 13.2. The van der Waals surface area contributed by atoms with E-state index in [1.807, 2.05) is 18.2 Å². The number of halogens is 1. The van der Waals surface area contributed by atoms with Crippen molar-refractivity contribution in [3.63, 3.8) is 0 Å². The zero-order valence-corrected chi connectivity index (χ0v) is 12.9. The molecule has 0 aliphatic heterocycles. The molecule has 0 saturated carbocycles. The predicted molar refractivity (Wildman–Crippen MR) is 81.6 cm³/mol. The molecule has 0 unspecified atom stereocenters. The largest absolute Gasteiger partial charge is 0.371 e. The van der Waals surface area contributed by atoms with Crippen molar-refractivity contribution in [2.24, 2.45) is 0 Å². The van der Waals surface area contributed by atoms with Crippen LogP contribution in [0.3, 0.4) is 0 Å². The summed E-state index contributed by atoms with van der Waals surface area (Å²) in [5, 5.41) is 0. The first-order chi connectivity index (χ1) is 8.72. The number of unbranched alkanes of at least 4 members (excludes halogenated alkanes) is 2. The van der Waals surface area contributed by atoms with Crippen LogP contribution in [-0.2, 0) is 0 Å². The Hall–Kier alpha value is -0.830. The Balaban J connectivity index is 2.85. The molecule has 1 aromatic carbocycles. The van der Waals surface area contributed by atoms with Gasteiger partial charge in [0, 0.05) is 23.1 Å². The van der Waals surface area contributed by atoms with Crippen LogP contribution in [0.2, 0.25) is 0 Å². The van der Waals surface area contributed by atoms with Gasteiger partial charge in [0.25, 0.3) is 0 Å². The van der Waals surface area contributed by atoms with E-state index in [1.54, 1.807) is 0 Å². The molecule has 0 aliphatic rings. The van der Waals surface area contributed by atoms with Crippen LogP contribution >= 0.6 is 15.9 Å². The maximum atomic E-state index is 10.7. The van der Waals surface area contributed by atoms with Crippen molar-refractivity contribution in [1.29, 1.82) is 0 Å². The van der Waals surface area contributed by atoms with Crippen molar-refractivity contribution >= 4 is 27.9 Å². The molecule has 0 spiro atoms. The van der Waals surface area contributed by atoms with Gasteiger partial charge in [-0.15, -0.1) is 0 Å². The van der Waals surface area contributed by atoms with Gasteiger partial charge in [-0.1, -0.05) is 26.7 Å². The quantitative estimate of drug-likeness (QED) is 0.650. The second-order valence-corrected chi connectivity index (χ2v) is 5.38. The SMILES string of the molecule is CCCCN(CCCC)c1ccc(C=O)cc1Br. The molecule has 0 amide bonds. The molecule has 0 N–H and O–H groups in total. The van der Waals surface area contributed by atoms with Gasteiger partial charge in [-0.25, -0.2) is 0 Å². The molecule has 0 bridgehead atoms. The smallest absolute Gasteiger partial charge is 0.150 e. The van der Waals surface area contributed by atoms with E-state index in [0.717, 1.165) is 29.4 Å². The van der Waals surface area contributed by atoms with E-state index in [1.165, 1.54) is 31.4 Å². The lowest BCUT2D eigenvalue weighted by Crippen LogP contribution is -2.25. The number of carbonyl (C=O) groups excluding carboxylic acids is 1. The first-order valence-electron chi connectivity index (χ1n) is 6.72. The van der Waals surface area contributed by atoms with Crippen LogP contribution in [0.5, 0.6) is 0 Å². The van der Waals surface area contributed by atoms with Crippen LogP contribution in [0.1, 0.15) is 49.9 Å². The lowest BCUT2D eigenvalue weighted by atomic mass is 10.2. The third-order valence-electron chi connectivity index (χ3n) is 3.01. The van der Waals surface area contributed by atoms with Gasteiger partial charge in [0.1, 0.15) is 6.29 Å². The molecule has 0 atom stereocenters. The van der Waals surface area contributed by atoms with Crippen LogP contribution in [-0.4, -0.2) is 19.4 Å². The summed E-state index contributed by atoms with van der Waals surface area (Å²) in [5.41, 5.74) is 1.92. The van der Waals surface area contributed by atoms with Gasteiger partial charge < -0.3 is 4.90 Å². The lowest BCUT2D eigenvalue weighted by molar-refractivity contribution is 0.112. The molecule has 0 radical (unpaired) electrons. The predicted octanol–water partition coefficient (Wildman–Crippen LogP) is 4.67. The van der Waals surface area contributed by atoms with Gasteiger partial charge in [-0.05, 0) is 47.0 Å². The zero-order chi connectivity index (χ0) is 13.4. The third-order valence-corrected chi connectivity index (χ3v) is 3.65. The van der Waals surface area contributed by atoms with Crippen molar-refractivity contribution in [3.8, 4) is 0 Å². The Morgan fingerprint density at radius 1 is 1.17 bits per heavy atom. The third kappa shape index (κ3) is 4.45. The minimum Gasteiger partial charge on any atom is -0.371 e. The number of nitrogens with zero attached hydrogens (tertiary/aromatic N) is 1. The summed E-state index contributed by atoms with van der Waals surface area (Å²) in [6.45, 7) is 6.58. The summed E-state index contributed by atoms with van der Waals surface area (Å²) in [7, 11) is 0. The molecule has 0 fully saturated rings. The van der Waals surface area contributed by atoms with Gasteiger partial charge in [0.05, 0.1) is 5.69 Å². The molecule has 1 rings (SSSR count). The summed E-state index contributed by atoms with van der Waals surface area (Å²) < 4.78 is 1.01. The van der Waals surface area contributed by atoms with Gasteiger partial charge >= 0.3 is 0 Å². The molecule has 100 valence electrons. The molecule has 1 aromatic rings. The molecule has 2 nitrogen and oxygen atoms in total. The number of carbonyl (C=O) groups is 1. The van der Waals surface area contributed by atoms with Crippen LogP contribution in [0.4, 0.5) is 5.69 Å². The van der Waals surface area contributed by atoms with E-state index in [2.05, 4.69) is 34.7 Å². The monoisotopic (exact) mass is 311 g/mol. The fraction of sp³-hybridized carbons (Fsp3) is 0.533. The number of anilines is 1. The minimum atomic E-state index is 0.719. The van der Waals surface area contributed by atoms with Crippen LogP contribution < -0.4 is 4.90 Å². The molecule has 0 aromatic heterocycles. The average Bonchev–Trinajstić information content (AvgIpc) is 2.39. The maximum Gasteiger partial charge on any atom is 0.150 e. The van der Waals surface area contributed by atoms with Crippen molar-refractivity contribution in [3.05, 3.63) is 28.2 Å². The zero-order valence-electron chi connectivity index (χ0n) is 11.3. The second kappa shape index (κ2) is 8.30. The molecular weight excluding hydrogens is 290 g/mol. The molecule has 0 saturated heterocycles. The fourth-order valence-electron chi connectivity index (χ4n) is 1.90. The summed E-state index contributed by atoms with van der Waals surface area (Å²) in [6.07, 6.45) is 5.69. The highest BCUT2D eigenvalue weighted by molar-refractivity contribution is 9.10. The van der Waals surface area contributed by atoms with Gasteiger partial charge in [-0.2, -0.15) is 0 Å². The number of aldehydes is 1. The van der Waals surface area contributed by atoms with E-state index >= 15 is 0 Å². The topological polar surface area (TPSA) is 20.3 Å². The van der Waals surface area contributed by atoms with Crippen molar-refractivity contribution < 1.29 is 4.79 Å². The fourth-order valence-corrected chi connectivity index (χ4v) is 2.55. The van der Waals surface area contributed by atoms with E-state index in [-0.39, 0.29) is 0 Å².